The van der Waals surface area contributed by atoms with Crippen LogP contribution in [0, 0.1) is 0 Å². The lowest BCUT2D eigenvalue weighted by Gasteiger charge is -2.09. The summed E-state index contributed by atoms with van der Waals surface area (Å²) in [6.45, 7) is 2.09. The average molecular weight is 252 g/mol. The summed E-state index contributed by atoms with van der Waals surface area (Å²) in [5, 5.41) is 0.804. The van der Waals surface area contributed by atoms with Gasteiger partial charge in [0.15, 0.2) is 0 Å². The molecule has 1 aromatic rings. The van der Waals surface area contributed by atoms with Crippen molar-refractivity contribution in [3.05, 3.63) is 17.6 Å². The number of thioether (sulfide) groups is 1. The molecule has 2 rings (SSSR count). The molecule has 17 heavy (non-hydrogen) atoms. The molecule has 1 aliphatic rings. The van der Waals surface area contributed by atoms with E-state index in [-0.39, 0.29) is 0 Å². The Labute approximate surface area is 107 Å². The van der Waals surface area contributed by atoms with Gasteiger partial charge in [-0.3, -0.25) is 0 Å². The highest BCUT2D eigenvalue weighted by Crippen LogP contribution is 2.31. The molecule has 0 bridgehead atoms. The van der Waals surface area contributed by atoms with Crippen molar-refractivity contribution in [2.45, 2.75) is 50.0 Å². The number of aryl methyl sites for hydroxylation is 1. The topological polar surface area (TPSA) is 63.8 Å². The van der Waals surface area contributed by atoms with E-state index in [0.29, 0.717) is 0 Å². The zero-order valence-electron chi connectivity index (χ0n) is 10.3. The smallest absolute Gasteiger partial charge is 0.143 e. The van der Waals surface area contributed by atoms with E-state index in [4.69, 9.17) is 5.84 Å². The standard InChI is InChI=1S/C12H20N4S/c1-2-9-7-11(16-13)15-12(14-9)8-17-10-5-3-4-6-10/h7,10H,2-6,8,13H2,1H3,(H,14,15,16). The molecule has 0 amide bonds. The van der Waals surface area contributed by atoms with Gasteiger partial charge in [-0.25, -0.2) is 15.8 Å². The maximum absolute atomic E-state index is 5.41. The Balaban J connectivity index is 1.98. The van der Waals surface area contributed by atoms with Gasteiger partial charge in [-0.2, -0.15) is 11.8 Å². The van der Waals surface area contributed by atoms with Gasteiger partial charge in [-0.05, 0) is 19.3 Å². The number of nitrogens with one attached hydrogen (secondary N) is 1. The first-order valence-corrected chi connectivity index (χ1v) is 7.31. The first kappa shape index (κ1) is 12.6. The van der Waals surface area contributed by atoms with E-state index >= 15 is 0 Å². The first-order valence-electron chi connectivity index (χ1n) is 6.27. The monoisotopic (exact) mass is 252 g/mol. The van der Waals surface area contributed by atoms with E-state index < -0.39 is 0 Å². The minimum atomic E-state index is 0.721. The predicted octanol–water partition coefficient (Wildman–Crippen LogP) is 2.50. The average Bonchev–Trinajstić information content (AvgIpc) is 2.89. The zero-order chi connectivity index (χ0) is 12.1. The lowest BCUT2D eigenvalue weighted by molar-refractivity contribution is 0.886. The van der Waals surface area contributed by atoms with Crippen LogP contribution in [0.1, 0.15) is 44.1 Å². The van der Waals surface area contributed by atoms with E-state index in [1.54, 1.807) is 0 Å². The minimum Gasteiger partial charge on any atom is -0.308 e. The molecule has 0 aromatic carbocycles. The summed E-state index contributed by atoms with van der Waals surface area (Å²) in [7, 11) is 0. The van der Waals surface area contributed by atoms with Gasteiger partial charge >= 0.3 is 0 Å². The molecular weight excluding hydrogens is 232 g/mol. The number of hydrogen-bond acceptors (Lipinski definition) is 5. The number of nitrogens with zero attached hydrogens (tertiary/aromatic N) is 2. The summed E-state index contributed by atoms with van der Waals surface area (Å²) in [6, 6.07) is 1.91. The molecule has 94 valence electrons. The van der Waals surface area contributed by atoms with Crippen LogP contribution in [0.15, 0.2) is 6.07 Å². The molecule has 4 nitrogen and oxygen atoms in total. The van der Waals surface area contributed by atoms with E-state index in [1.807, 2.05) is 17.8 Å². The number of nitrogens with two attached hydrogens (primary N) is 1. The van der Waals surface area contributed by atoms with Crippen LogP contribution in [-0.4, -0.2) is 15.2 Å². The lowest BCUT2D eigenvalue weighted by Crippen LogP contribution is -2.11. The Morgan fingerprint density at radius 3 is 2.82 bits per heavy atom. The number of nitrogen functional groups attached to an aromatic ring is 1. The molecule has 1 aliphatic carbocycles. The SMILES string of the molecule is CCc1cc(NN)nc(CSC2CCCC2)n1. The van der Waals surface area contributed by atoms with Crippen molar-refractivity contribution in [3.63, 3.8) is 0 Å². The second-order valence-corrected chi connectivity index (χ2v) is 5.66. The third kappa shape index (κ3) is 3.57. The van der Waals surface area contributed by atoms with E-state index in [2.05, 4.69) is 22.3 Å². The van der Waals surface area contributed by atoms with E-state index in [0.717, 1.165) is 34.8 Å². The maximum Gasteiger partial charge on any atom is 0.143 e. The Hall–Kier alpha value is -0.810. The normalized spacial score (nSPS) is 16.4. The second kappa shape index (κ2) is 6.21. The summed E-state index contributed by atoms with van der Waals surface area (Å²) in [4.78, 5) is 8.93. The Morgan fingerprint density at radius 2 is 2.18 bits per heavy atom. The number of anilines is 1. The number of hydrazine groups is 1. The van der Waals surface area contributed by atoms with Crippen LogP contribution in [0.5, 0.6) is 0 Å². The molecule has 0 saturated heterocycles. The van der Waals surface area contributed by atoms with Crippen molar-refractivity contribution < 1.29 is 0 Å². The fraction of sp³-hybridized carbons (Fsp3) is 0.667. The molecule has 0 radical (unpaired) electrons. The van der Waals surface area contributed by atoms with Crippen LogP contribution in [0.2, 0.25) is 0 Å². The zero-order valence-corrected chi connectivity index (χ0v) is 11.1. The highest BCUT2D eigenvalue weighted by Gasteiger charge is 2.16. The number of aromatic nitrogens is 2. The van der Waals surface area contributed by atoms with E-state index in [1.165, 1.54) is 25.7 Å². The van der Waals surface area contributed by atoms with Crippen LogP contribution in [-0.2, 0) is 12.2 Å². The molecule has 0 spiro atoms. The summed E-state index contributed by atoms with van der Waals surface area (Å²) in [5.74, 6) is 7.93. The van der Waals surface area contributed by atoms with Gasteiger partial charge in [0, 0.05) is 17.0 Å². The predicted molar refractivity (Wildman–Crippen MR) is 72.8 cm³/mol. The molecular formula is C12H20N4S. The lowest BCUT2D eigenvalue weighted by atomic mass is 10.3. The van der Waals surface area contributed by atoms with Crippen molar-refractivity contribution in [3.8, 4) is 0 Å². The minimum absolute atomic E-state index is 0.721. The molecule has 0 aliphatic heterocycles. The van der Waals surface area contributed by atoms with Gasteiger partial charge in [-0.15, -0.1) is 0 Å². The largest absolute Gasteiger partial charge is 0.308 e. The number of hydrogen-bond donors (Lipinski definition) is 2. The Bertz CT molecular complexity index is 341. The van der Waals surface area contributed by atoms with Crippen LogP contribution < -0.4 is 11.3 Å². The summed E-state index contributed by atoms with van der Waals surface area (Å²) in [6.07, 6.45) is 6.37. The quantitative estimate of drug-likeness (QED) is 0.622. The molecule has 3 N–H and O–H groups in total. The van der Waals surface area contributed by atoms with Crippen molar-refractivity contribution >= 4 is 17.6 Å². The molecule has 0 atom stereocenters. The summed E-state index contributed by atoms with van der Waals surface area (Å²) >= 11 is 1.98. The summed E-state index contributed by atoms with van der Waals surface area (Å²) < 4.78 is 0. The maximum atomic E-state index is 5.41. The second-order valence-electron chi connectivity index (χ2n) is 4.38. The van der Waals surface area contributed by atoms with Crippen molar-refractivity contribution in [2.24, 2.45) is 5.84 Å². The molecule has 1 heterocycles. The molecule has 1 saturated carbocycles. The fourth-order valence-corrected chi connectivity index (χ4v) is 3.30. The third-order valence-corrected chi connectivity index (χ3v) is 4.45. The van der Waals surface area contributed by atoms with Gasteiger partial charge < -0.3 is 5.43 Å². The third-order valence-electron chi connectivity index (χ3n) is 3.09. The van der Waals surface area contributed by atoms with Crippen LogP contribution in [0.4, 0.5) is 5.82 Å². The molecule has 1 aromatic heterocycles. The number of rotatable bonds is 5. The van der Waals surface area contributed by atoms with Crippen LogP contribution >= 0.6 is 11.8 Å². The molecule has 1 fully saturated rings. The van der Waals surface area contributed by atoms with Gasteiger partial charge in [0.1, 0.15) is 11.6 Å². The van der Waals surface area contributed by atoms with Gasteiger partial charge in [0.25, 0.3) is 0 Å². The van der Waals surface area contributed by atoms with Crippen molar-refractivity contribution in [1.82, 2.24) is 9.97 Å². The highest BCUT2D eigenvalue weighted by molar-refractivity contribution is 7.99. The molecule has 5 heteroatoms. The van der Waals surface area contributed by atoms with Crippen molar-refractivity contribution in [1.29, 1.82) is 0 Å². The fourth-order valence-electron chi connectivity index (χ4n) is 2.12. The van der Waals surface area contributed by atoms with Gasteiger partial charge in [0.2, 0.25) is 0 Å². The van der Waals surface area contributed by atoms with E-state index in [9.17, 15) is 0 Å². The molecule has 0 unspecified atom stereocenters. The first-order chi connectivity index (χ1) is 8.31. The van der Waals surface area contributed by atoms with Crippen LogP contribution in [0.25, 0.3) is 0 Å². The van der Waals surface area contributed by atoms with Gasteiger partial charge in [-0.1, -0.05) is 19.8 Å². The Kier molecular flexibility index (Phi) is 4.62. The summed E-state index contributed by atoms with van der Waals surface area (Å²) in [5.41, 5.74) is 3.66. The Morgan fingerprint density at radius 1 is 1.41 bits per heavy atom. The van der Waals surface area contributed by atoms with Crippen LogP contribution in [0.3, 0.4) is 0 Å². The van der Waals surface area contributed by atoms with Crippen molar-refractivity contribution in [2.75, 3.05) is 5.43 Å². The van der Waals surface area contributed by atoms with Gasteiger partial charge in [0.05, 0.1) is 5.75 Å². The highest BCUT2D eigenvalue weighted by atomic mass is 32.2.